The van der Waals surface area contributed by atoms with Crippen LogP contribution in [0, 0.1) is 11.3 Å². The van der Waals surface area contributed by atoms with Gasteiger partial charge in [-0.05, 0) is 31.5 Å². The number of fused-ring (bicyclic) bond motifs is 1. The Morgan fingerprint density at radius 1 is 1.50 bits per heavy atom. The highest BCUT2D eigenvalue weighted by Crippen LogP contribution is 2.30. The first-order valence-corrected chi connectivity index (χ1v) is 7.96. The van der Waals surface area contributed by atoms with Crippen LogP contribution < -0.4 is 0 Å². The van der Waals surface area contributed by atoms with E-state index in [1.807, 2.05) is 26.0 Å². The minimum atomic E-state index is -0.129. The van der Waals surface area contributed by atoms with Crippen LogP contribution in [0.1, 0.15) is 52.8 Å². The Morgan fingerprint density at radius 3 is 3.04 bits per heavy atom. The van der Waals surface area contributed by atoms with Gasteiger partial charge in [-0.15, -0.1) is 0 Å². The second-order valence-corrected chi connectivity index (χ2v) is 6.23. The van der Waals surface area contributed by atoms with E-state index in [9.17, 15) is 4.79 Å². The van der Waals surface area contributed by atoms with E-state index in [0.717, 1.165) is 16.8 Å². The monoisotopic (exact) mass is 324 g/mol. The van der Waals surface area contributed by atoms with Crippen molar-refractivity contribution in [2.45, 2.75) is 39.0 Å². The smallest absolute Gasteiger partial charge is 0.274 e. The van der Waals surface area contributed by atoms with Gasteiger partial charge in [-0.25, -0.2) is 0 Å². The number of H-pyrrole nitrogens is 1. The Morgan fingerprint density at radius 2 is 2.29 bits per heavy atom. The molecule has 0 saturated carbocycles. The average molecular weight is 324 g/mol. The highest BCUT2D eigenvalue weighted by Gasteiger charge is 2.30. The van der Waals surface area contributed by atoms with Crippen molar-refractivity contribution >= 4 is 5.91 Å². The lowest BCUT2D eigenvalue weighted by Gasteiger charge is -2.25. The molecule has 1 aliphatic heterocycles. The number of aromatic amines is 1. The van der Waals surface area contributed by atoms with Gasteiger partial charge in [0.25, 0.3) is 5.91 Å². The van der Waals surface area contributed by atoms with Gasteiger partial charge >= 0.3 is 0 Å². The van der Waals surface area contributed by atoms with Gasteiger partial charge in [-0.3, -0.25) is 9.89 Å². The minimum Gasteiger partial charge on any atom is -0.369 e. The average Bonchev–Trinajstić information content (AvgIpc) is 2.98. The van der Waals surface area contributed by atoms with Crippen molar-refractivity contribution in [1.29, 1.82) is 5.26 Å². The van der Waals surface area contributed by atoms with Crippen molar-refractivity contribution in [2.75, 3.05) is 7.05 Å². The molecule has 1 aliphatic rings. The molecule has 2 atom stereocenters. The van der Waals surface area contributed by atoms with Crippen LogP contribution in [0.4, 0.5) is 0 Å². The van der Waals surface area contributed by atoms with Crippen LogP contribution in [-0.2, 0) is 17.7 Å². The Labute approximate surface area is 141 Å². The first kappa shape index (κ1) is 16.2. The van der Waals surface area contributed by atoms with Crippen LogP contribution in [0.3, 0.4) is 0 Å². The quantitative estimate of drug-likeness (QED) is 0.941. The summed E-state index contributed by atoms with van der Waals surface area (Å²) >= 11 is 0. The molecule has 3 rings (SSSR count). The standard InChI is InChI=1S/C18H20N4O2/c1-11-7-15-16(12(2)24-11)20-21-17(15)18(23)22(3)10-14-6-4-5-13(8-14)9-19/h4-6,8,11-12H,7,10H2,1-3H3,(H,20,21)/t11-,12+/m1/s1. The summed E-state index contributed by atoms with van der Waals surface area (Å²) < 4.78 is 5.76. The number of amides is 1. The maximum Gasteiger partial charge on any atom is 0.274 e. The molecule has 6 heteroatoms. The number of ether oxygens (including phenoxy) is 1. The lowest BCUT2D eigenvalue weighted by molar-refractivity contribution is -0.00701. The fourth-order valence-corrected chi connectivity index (χ4v) is 3.12. The van der Waals surface area contributed by atoms with Crippen LogP contribution in [-0.4, -0.2) is 34.2 Å². The number of hydrogen-bond donors (Lipinski definition) is 1. The van der Waals surface area contributed by atoms with E-state index in [2.05, 4.69) is 16.3 Å². The van der Waals surface area contributed by atoms with E-state index >= 15 is 0 Å². The second kappa shape index (κ2) is 6.46. The first-order chi connectivity index (χ1) is 11.5. The molecule has 0 bridgehead atoms. The van der Waals surface area contributed by atoms with Crippen LogP contribution in [0.2, 0.25) is 0 Å². The molecule has 0 aliphatic carbocycles. The molecule has 0 radical (unpaired) electrons. The summed E-state index contributed by atoms with van der Waals surface area (Å²) in [7, 11) is 1.74. The van der Waals surface area contributed by atoms with Gasteiger partial charge in [0.05, 0.1) is 29.5 Å². The highest BCUT2D eigenvalue weighted by atomic mass is 16.5. The molecule has 0 saturated heterocycles. The lowest BCUT2D eigenvalue weighted by atomic mass is 9.99. The molecule has 0 unspecified atom stereocenters. The van der Waals surface area contributed by atoms with Gasteiger partial charge < -0.3 is 9.64 Å². The summed E-state index contributed by atoms with van der Waals surface area (Å²) in [5.74, 6) is -0.129. The lowest BCUT2D eigenvalue weighted by Crippen LogP contribution is -2.29. The van der Waals surface area contributed by atoms with Crippen LogP contribution in [0.15, 0.2) is 24.3 Å². The van der Waals surface area contributed by atoms with Gasteiger partial charge in [0.15, 0.2) is 5.69 Å². The third-order valence-electron chi connectivity index (χ3n) is 4.26. The molecule has 1 amide bonds. The Kier molecular flexibility index (Phi) is 4.36. The zero-order valence-corrected chi connectivity index (χ0v) is 14.0. The number of nitrogens with one attached hydrogen (secondary N) is 1. The summed E-state index contributed by atoms with van der Waals surface area (Å²) in [4.78, 5) is 14.4. The number of hydrogen-bond acceptors (Lipinski definition) is 4. The number of nitrogens with zero attached hydrogens (tertiary/aromatic N) is 3. The van der Waals surface area contributed by atoms with Crippen molar-refractivity contribution in [1.82, 2.24) is 15.1 Å². The number of benzene rings is 1. The van der Waals surface area contributed by atoms with Crippen molar-refractivity contribution in [2.24, 2.45) is 0 Å². The number of rotatable bonds is 3. The number of nitriles is 1. The van der Waals surface area contributed by atoms with E-state index in [0.29, 0.717) is 24.2 Å². The zero-order valence-electron chi connectivity index (χ0n) is 14.0. The number of carbonyl (C=O) groups excluding carboxylic acids is 1. The summed E-state index contributed by atoms with van der Waals surface area (Å²) in [6.45, 7) is 4.38. The molecule has 0 fully saturated rings. The molecule has 24 heavy (non-hydrogen) atoms. The molecule has 2 heterocycles. The van der Waals surface area contributed by atoms with E-state index < -0.39 is 0 Å². The fourth-order valence-electron chi connectivity index (χ4n) is 3.12. The normalized spacial score (nSPS) is 19.4. The minimum absolute atomic E-state index is 0.0641. The van der Waals surface area contributed by atoms with E-state index in [1.54, 1.807) is 24.1 Å². The van der Waals surface area contributed by atoms with Gasteiger partial charge in [-0.2, -0.15) is 10.4 Å². The van der Waals surface area contributed by atoms with E-state index in [4.69, 9.17) is 10.00 Å². The summed E-state index contributed by atoms with van der Waals surface area (Å²) in [6.07, 6.45) is 0.652. The van der Waals surface area contributed by atoms with Gasteiger partial charge in [0.2, 0.25) is 0 Å². The maximum absolute atomic E-state index is 12.8. The van der Waals surface area contributed by atoms with Crippen molar-refractivity contribution < 1.29 is 9.53 Å². The highest BCUT2D eigenvalue weighted by molar-refractivity contribution is 5.94. The van der Waals surface area contributed by atoms with Crippen molar-refractivity contribution in [3.8, 4) is 6.07 Å². The molecule has 1 aromatic carbocycles. The molecule has 2 aromatic rings. The van der Waals surface area contributed by atoms with E-state index in [1.165, 1.54) is 0 Å². The molecule has 1 N–H and O–H groups in total. The number of carbonyl (C=O) groups is 1. The fraction of sp³-hybridized carbons (Fsp3) is 0.389. The maximum atomic E-state index is 12.8. The molecular formula is C18H20N4O2. The van der Waals surface area contributed by atoms with Crippen molar-refractivity contribution in [3.63, 3.8) is 0 Å². The van der Waals surface area contributed by atoms with Crippen molar-refractivity contribution in [3.05, 3.63) is 52.3 Å². The van der Waals surface area contributed by atoms with Crippen LogP contribution in [0.5, 0.6) is 0 Å². The molecular weight excluding hydrogens is 304 g/mol. The van der Waals surface area contributed by atoms with Crippen LogP contribution in [0.25, 0.3) is 0 Å². The predicted molar refractivity (Wildman–Crippen MR) is 88.2 cm³/mol. The topological polar surface area (TPSA) is 82.0 Å². The zero-order chi connectivity index (χ0) is 17.3. The third-order valence-corrected chi connectivity index (χ3v) is 4.26. The third kappa shape index (κ3) is 3.03. The molecule has 124 valence electrons. The van der Waals surface area contributed by atoms with Gasteiger partial charge in [0.1, 0.15) is 0 Å². The van der Waals surface area contributed by atoms with Gasteiger partial charge in [-0.1, -0.05) is 12.1 Å². The largest absolute Gasteiger partial charge is 0.369 e. The summed E-state index contributed by atoms with van der Waals surface area (Å²) in [5.41, 5.74) is 3.80. The SMILES string of the molecule is C[C@@H]1Cc2c(C(=O)N(C)Cc3cccc(C#N)c3)n[nH]c2[C@H](C)O1. The Hall–Kier alpha value is -2.65. The Bertz CT molecular complexity index is 806. The summed E-state index contributed by atoms with van der Waals surface area (Å²) in [6, 6.07) is 9.38. The first-order valence-electron chi connectivity index (χ1n) is 7.96. The number of aromatic nitrogens is 2. The van der Waals surface area contributed by atoms with Crippen LogP contribution >= 0.6 is 0 Å². The summed E-state index contributed by atoms with van der Waals surface area (Å²) in [5, 5.41) is 16.2. The molecule has 1 aromatic heterocycles. The van der Waals surface area contributed by atoms with Gasteiger partial charge in [0, 0.05) is 25.6 Å². The van der Waals surface area contributed by atoms with E-state index in [-0.39, 0.29) is 18.1 Å². The Balaban J connectivity index is 1.81. The predicted octanol–water partition coefficient (Wildman–Crippen LogP) is 2.58. The molecule has 0 spiro atoms. The second-order valence-electron chi connectivity index (χ2n) is 6.23. The molecule has 6 nitrogen and oxygen atoms in total.